The molecule has 1 aromatic rings. The van der Waals surface area contributed by atoms with Gasteiger partial charge in [0.15, 0.2) is 10.9 Å². The molecule has 0 radical (unpaired) electrons. The number of nitro groups is 1. The fourth-order valence-electron chi connectivity index (χ4n) is 0.559. The van der Waals surface area contributed by atoms with Gasteiger partial charge in [-0.25, -0.2) is 15.1 Å². The lowest BCUT2D eigenvalue weighted by Gasteiger charge is -1.94. The van der Waals surface area contributed by atoms with E-state index in [2.05, 4.69) is 20.9 Å². The van der Waals surface area contributed by atoms with Crippen molar-refractivity contribution >= 4 is 21.7 Å². The number of nitrogens with zero attached hydrogens (tertiary/aromatic N) is 2. The van der Waals surface area contributed by atoms with Crippen molar-refractivity contribution in [1.82, 2.24) is 4.98 Å². The number of rotatable bonds is 2. The van der Waals surface area contributed by atoms with Crippen LogP contribution in [0.5, 0.6) is 0 Å². The lowest BCUT2D eigenvalue weighted by atomic mass is 10.5. The van der Waals surface area contributed by atoms with E-state index in [1.165, 1.54) is 12.3 Å². The molecule has 1 aromatic heterocycles. The number of hydrazine groups is 1. The van der Waals surface area contributed by atoms with Crippen LogP contribution >= 0.6 is 15.9 Å². The zero-order chi connectivity index (χ0) is 8.27. The molecule has 1 heterocycles. The Hall–Kier alpha value is -1.17. The van der Waals surface area contributed by atoms with Crippen molar-refractivity contribution in [3.05, 3.63) is 32.9 Å². The van der Waals surface area contributed by atoms with Crippen LogP contribution in [0.4, 0.5) is 5.82 Å². The predicted octanol–water partition coefficient (Wildman–Crippen LogP) is 1.45. The molecular weight excluding hydrogens is 214 g/mol. The van der Waals surface area contributed by atoms with Gasteiger partial charge in [0.2, 0.25) is 0 Å². The molecule has 0 aromatic carbocycles. The second-order valence-electron chi connectivity index (χ2n) is 1.73. The summed E-state index contributed by atoms with van der Waals surface area (Å²) in [5, 5.41) is 9.26. The van der Waals surface area contributed by atoms with E-state index in [-0.39, 0.29) is 5.82 Å². The molecule has 0 unspecified atom stereocenters. The van der Waals surface area contributed by atoms with Crippen molar-refractivity contribution < 1.29 is 5.03 Å². The van der Waals surface area contributed by atoms with Crippen LogP contribution in [0.25, 0.3) is 0 Å². The summed E-state index contributed by atoms with van der Waals surface area (Å²) in [6.45, 7) is 0. The first kappa shape index (κ1) is 7.93. The molecule has 0 saturated carbocycles. The van der Waals surface area contributed by atoms with Gasteiger partial charge in [0.05, 0.1) is 0 Å². The minimum atomic E-state index is -0.658. The van der Waals surface area contributed by atoms with E-state index in [0.29, 0.717) is 0 Å². The Balaban J connectivity index is 2.79. The summed E-state index contributed by atoms with van der Waals surface area (Å²) in [4.78, 5) is 13.6. The van der Waals surface area contributed by atoms with Crippen LogP contribution in [0.1, 0.15) is 0 Å². The van der Waals surface area contributed by atoms with Gasteiger partial charge in [-0.1, -0.05) is 21.4 Å². The maximum atomic E-state index is 9.92. The molecule has 1 N–H and O–H groups in total. The maximum absolute atomic E-state index is 9.92. The first-order chi connectivity index (χ1) is 5.18. The van der Waals surface area contributed by atoms with Gasteiger partial charge in [0, 0.05) is 16.7 Å². The van der Waals surface area contributed by atoms with E-state index in [4.69, 9.17) is 0 Å². The first-order valence-electron chi connectivity index (χ1n) is 2.71. The Morgan fingerprint density at radius 2 is 2.45 bits per heavy atom. The van der Waals surface area contributed by atoms with E-state index in [1.807, 2.05) is 5.43 Å². The van der Waals surface area contributed by atoms with Crippen molar-refractivity contribution in [2.75, 3.05) is 5.43 Å². The Labute approximate surface area is 70.7 Å². The highest BCUT2D eigenvalue weighted by Gasteiger charge is 1.99. The van der Waals surface area contributed by atoms with Gasteiger partial charge in [-0.05, 0) is 6.07 Å². The third kappa shape index (κ3) is 2.50. The minimum absolute atomic E-state index is 0.212. The van der Waals surface area contributed by atoms with Crippen LogP contribution in [-0.2, 0) is 0 Å². The van der Waals surface area contributed by atoms with E-state index < -0.39 is 5.03 Å². The molecule has 5 nitrogen and oxygen atoms in total. The normalized spacial score (nSPS) is 9.18. The van der Waals surface area contributed by atoms with Crippen molar-refractivity contribution in [3.8, 4) is 0 Å². The van der Waals surface area contributed by atoms with Crippen molar-refractivity contribution in [2.45, 2.75) is 0 Å². The highest BCUT2D eigenvalue weighted by Crippen LogP contribution is 2.11. The molecule has 6 heteroatoms. The van der Waals surface area contributed by atoms with Crippen LogP contribution in [0.2, 0.25) is 0 Å². The number of aromatic nitrogens is 1. The number of pyridine rings is 1. The maximum Gasteiger partial charge on any atom is 0.191 e. The van der Waals surface area contributed by atoms with Crippen molar-refractivity contribution in [3.63, 3.8) is 0 Å². The average Bonchev–Trinajstić information content (AvgIpc) is 1.85. The molecule has 11 heavy (non-hydrogen) atoms. The molecule has 0 aliphatic carbocycles. The molecule has 0 spiro atoms. The van der Waals surface area contributed by atoms with E-state index in [0.717, 1.165) is 4.47 Å². The number of halogens is 1. The van der Waals surface area contributed by atoms with Crippen LogP contribution in [0, 0.1) is 10.1 Å². The molecule has 0 aliphatic rings. The number of hydrogen-bond donors (Lipinski definition) is 1. The third-order valence-corrected chi connectivity index (χ3v) is 1.42. The van der Waals surface area contributed by atoms with Gasteiger partial charge in [0.1, 0.15) is 0 Å². The van der Waals surface area contributed by atoms with Crippen molar-refractivity contribution in [1.29, 1.82) is 0 Å². The van der Waals surface area contributed by atoms with E-state index in [9.17, 15) is 10.1 Å². The summed E-state index contributed by atoms with van der Waals surface area (Å²) < 4.78 is 0.747. The van der Waals surface area contributed by atoms with Crippen molar-refractivity contribution in [2.24, 2.45) is 0 Å². The summed E-state index contributed by atoms with van der Waals surface area (Å²) in [5.41, 5.74) is 1.93. The van der Waals surface area contributed by atoms with Crippen LogP contribution in [0.15, 0.2) is 22.8 Å². The SMILES string of the molecule is O=[N+]([O-])Nc1cc(Br)ccn1. The summed E-state index contributed by atoms with van der Waals surface area (Å²) in [6.07, 6.45) is 1.47. The van der Waals surface area contributed by atoms with Gasteiger partial charge >= 0.3 is 0 Å². The second kappa shape index (κ2) is 3.29. The molecule has 0 amide bonds. The average molecular weight is 218 g/mol. The van der Waals surface area contributed by atoms with E-state index in [1.54, 1.807) is 6.07 Å². The fraction of sp³-hybridized carbons (Fsp3) is 0. The molecule has 0 fully saturated rings. The summed E-state index contributed by atoms with van der Waals surface area (Å²) in [7, 11) is 0. The molecule has 58 valence electrons. The van der Waals surface area contributed by atoms with Crippen LogP contribution in [0.3, 0.4) is 0 Å². The van der Waals surface area contributed by atoms with Gasteiger partial charge in [-0.2, -0.15) is 0 Å². The topological polar surface area (TPSA) is 68.1 Å². The first-order valence-corrected chi connectivity index (χ1v) is 3.50. The van der Waals surface area contributed by atoms with Gasteiger partial charge in [-0.3, -0.25) is 0 Å². The van der Waals surface area contributed by atoms with Gasteiger partial charge in [0.25, 0.3) is 0 Å². The predicted molar refractivity (Wildman–Crippen MR) is 42.6 cm³/mol. The molecular formula is C5H4BrN3O2. The summed E-state index contributed by atoms with van der Waals surface area (Å²) >= 11 is 3.15. The lowest BCUT2D eigenvalue weighted by Crippen LogP contribution is -2.08. The summed E-state index contributed by atoms with van der Waals surface area (Å²) in [6, 6.07) is 3.20. The summed E-state index contributed by atoms with van der Waals surface area (Å²) in [5.74, 6) is 0.212. The Morgan fingerprint density at radius 1 is 1.73 bits per heavy atom. The van der Waals surface area contributed by atoms with Crippen LogP contribution < -0.4 is 5.43 Å². The smallest absolute Gasteiger partial charge is 0.191 e. The molecule has 0 atom stereocenters. The van der Waals surface area contributed by atoms with E-state index >= 15 is 0 Å². The lowest BCUT2D eigenvalue weighted by molar-refractivity contribution is -0.445. The minimum Gasteiger partial charge on any atom is -0.234 e. The Bertz CT molecular complexity index is 278. The molecule has 1 rings (SSSR count). The van der Waals surface area contributed by atoms with Gasteiger partial charge < -0.3 is 0 Å². The number of nitrogens with one attached hydrogen (secondary N) is 1. The quantitative estimate of drug-likeness (QED) is 0.602. The standard InChI is InChI=1S/C5H4BrN3O2/c6-4-1-2-7-5(3-4)8-9(10)11/h1-3H,(H,7,8). The molecule has 0 saturated heterocycles. The highest BCUT2D eigenvalue weighted by atomic mass is 79.9. The zero-order valence-corrected chi connectivity index (χ0v) is 6.91. The highest BCUT2D eigenvalue weighted by molar-refractivity contribution is 9.10. The van der Waals surface area contributed by atoms with Gasteiger partial charge in [-0.15, -0.1) is 0 Å². The molecule has 0 bridgehead atoms. The fourth-order valence-corrected chi connectivity index (χ4v) is 0.894. The monoisotopic (exact) mass is 217 g/mol. The third-order valence-electron chi connectivity index (χ3n) is 0.928. The second-order valence-corrected chi connectivity index (χ2v) is 2.64. The molecule has 0 aliphatic heterocycles. The Kier molecular flexibility index (Phi) is 2.37. The zero-order valence-electron chi connectivity index (χ0n) is 5.32. The number of anilines is 1. The number of hydrogen-bond acceptors (Lipinski definition) is 3. The largest absolute Gasteiger partial charge is 0.234 e. The van der Waals surface area contributed by atoms with Crippen LogP contribution in [-0.4, -0.2) is 10.0 Å². The Morgan fingerprint density at radius 3 is 3.00 bits per heavy atom.